The number of likely N-dealkylation sites (tertiary alicyclic amines) is 1. The minimum absolute atomic E-state index is 0.109. The van der Waals surface area contributed by atoms with Gasteiger partial charge in [0.25, 0.3) is 0 Å². The molecule has 1 heterocycles. The van der Waals surface area contributed by atoms with Crippen LogP contribution < -0.4 is 0 Å². The Bertz CT molecular complexity index is 533. The number of methoxy groups -OCH3 is 1. The van der Waals surface area contributed by atoms with Gasteiger partial charge in [-0.3, -0.25) is 4.79 Å². The topological polar surface area (TPSA) is 76.1 Å². The molecule has 1 aromatic rings. The molecular formula is C18H25NO5. The Morgan fingerprint density at radius 1 is 1.25 bits per heavy atom. The maximum atomic E-state index is 11.7. The lowest BCUT2D eigenvalue weighted by atomic mass is 9.95. The lowest BCUT2D eigenvalue weighted by molar-refractivity contribution is -0.155. The number of amides is 1. The SMILES string of the molecule is COCCCCOC(c1ccccc1)C1CCN(C(=O)C(=O)O)C1. The molecular weight excluding hydrogens is 310 g/mol. The fourth-order valence-corrected chi connectivity index (χ4v) is 3.06. The standard InChI is InChI=1S/C18H25NO5/c1-23-11-5-6-12-24-16(14-7-3-2-4-8-14)15-9-10-19(13-15)17(20)18(21)22/h2-4,7-8,15-16H,5-6,9-13H2,1H3,(H,21,22). The fraction of sp³-hybridized carbons (Fsp3) is 0.556. The number of rotatable bonds is 8. The molecule has 0 aromatic heterocycles. The van der Waals surface area contributed by atoms with Crippen LogP contribution >= 0.6 is 0 Å². The summed E-state index contributed by atoms with van der Waals surface area (Å²) in [4.78, 5) is 23.9. The average Bonchev–Trinajstić information content (AvgIpc) is 3.07. The van der Waals surface area contributed by atoms with Gasteiger partial charge in [0.1, 0.15) is 0 Å². The third-order valence-electron chi connectivity index (χ3n) is 4.29. The van der Waals surface area contributed by atoms with Crippen molar-refractivity contribution in [1.29, 1.82) is 0 Å². The number of benzene rings is 1. The van der Waals surface area contributed by atoms with Crippen molar-refractivity contribution < 1.29 is 24.2 Å². The third-order valence-corrected chi connectivity index (χ3v) is 4.29. The normalized spacial score (nSPS) is 18.5. The summed E-state index contributed by atoms with van der Waals surface area (Å²) < 4.78 is 11.1. The molecule has 6 heteroatoms. The monoisotopic (exact) mass is 335 g/mol. The predicted octanol–water partition coefficient (Wildman–Crippen LogP) is 2.10. The zero-order valence-corrected chi connectivity index (χ0v) is 14.0. The van der Waals surface area contributed by atoms with Gasteiger partial charge in [0.2, 0.25) is 0 Å². The van der Waals surface area contributed by atoms with E-state index in [1.165, 1.54) is 4.90 Å². The Balaban J connectivity index is 1.98. The Morgan fingerprint density at radius 3 is 2.62 bits per heavy atom. The van der Waals surface area contributed by atoms with Crippen LogP contribution in [-0.4, -0.2) is 55.3 Å². The zero-order valence-electron chi connectivity index (χ0n) is 14.0. The lowest BCUT2D eigenvalue weighted by Gasteiger charge is -2.25. The summed E-state index contributed by atoms with van der Waals surface area (Å²) in [6, 6.07) is 9.91. The second kappa shape index (κ2) is 9.39. The molecule has 1 amide bonds. The Morgan fingerprint density at radius 2 is 1.96 bits per heavy atom. The molecule has 2 atom stereocenters. The molecule has 1 saturated heterocycles. The number of carboxylic acids is 1. The largest absolute Gasteiger partial charge is 0.474 e. The fourth-order valence-electron chi connectivity index (χ4n) is 3.06. The van der Waals surface area contributed by atoms with Crippen molar-refractivity contribution in [2.24, 2.45) is 5.92 Å². The minimum Gasteiger partial charge on any atom is -0.474 e. The van der Waals surface area contributed by atoms with Crippen molar-refractivity contribution in [2.75, 3.05) is 33.4 Å². The van der Waals surface area contributed by atoms with Crippen molar-refractivity contribution in [2.45, 2.75) is 25.4 Å². The molecule has 0 aliphatic carbocycles. The number of carbonyl (C=O) groups excluding carboxylic acids is 1. The summed E-state index contributed by atoms with van der Waals surface area (Å²) in [6.45, 7) is 2.21. The van der Waals surface area contributed by atoms with Gasteiger partial charge in [-0.15, -0.1) is 0 Å². The van der Waals surface area contributed by atoms with Gasteiger partial charge in [0.15, 0.2) is 0 Å². The lowest BCUT2D eigenvalue weighted by Crippen LogP contribution is -2.35. The highest BCUT2D eigenvalue weighted by Crippen LogP contribution is 2.33. The number of unbranched alkanes of at least 4 members (excludes halogenated alkanes) is 1. The van der Waals surface area contributed by atoms with Crippen molar-refractivity contribution in [3.63, 3.8) is 0 Å². The van der Waals surface area contributed by atoms with Crippen molar-refractivity contribution in [1.82, 2.24) is 4.90 Å². The molecule has 0 bridgehead atoms. The highest BCUT2D eigenvalue weighted by Gasteiger charge is 2.35. The maximum Gasteiger partial charge on any atom is 0.394 e. The first-order valence-electron chi connectivity index (χ1n) is 8.31. The first-order valence-corrected chi connectivity index (χ1v) is 8.31. The number of hydrogen-bond acceptors (Lipinski definition) is 4. The van der Waals surface area contributed by atoms with Crippen LogP contribution in [0.5, 0.6) is 0 Å². The van der Waals surface area contributed by atoms with E-state index in [0.717, 1.165) is 24.8 Å². The van der Waals surface area contributed by atoms with Gasteiger partial charge < -0.3 is 19.5 Å². The first-order chi connectivity index (χ1) is 11.6. The Labute approximate surface area is 142 Å². The number of carboxylic acid groups (broad SMARTS) is 1. The molecule has 0 spiro atoms. The van der Waals surface area contributed by atoms with E-state index in [0.29, 0.717) is 26.3 Å². The molecule has 2 rings (SSSR count). The first kappa shape index (κ1) is 18.4. The second-order valence-corrected chi connectivity index (χ2v) is 6.01. The molecule has 6 nitrogen and oxygen atoms in total. The van der Waals surface area contributed by atoms with Crippen LogP contribution in [0.2, 0.25) is 0 Å². The van der Waals surface area contributed by atoms with Gasteiger partial charge in [-0.1, -0.05) is 30.3 Å². The number of ether oxygens (including phenoxy) is 2. The van der Waals surface area contributed by atoms with E-state index < -0.39 is 11.9 Å². The van der Waals surface area contributed by atoms with E-state index in [4.69, 9.17) is 14.6 Å². The summed E-state index contributed by atoms with van der Waals surface area (Å²) >= 11 is 0. The summed E-state index contributed by atoms with van der Waals surface area (Å²) in [5.41, 5.74) is 1.07. The van der Waals surface area contributed by atoms with Crippen LogP contribution in [-0.2, 0) is 19.1 Å². The van der Waals surface area contributed by atoms with Crippen molar-refractivity contribution >= 4 is 11.9 Å². The number of aliphatic carboxylic acids is 1. The Kier molecular flexibility index (Phi) is 7.21. The van der Waals surface area contributed by atoms with E-state index in [2.05, 4.69) is 0 Å². The predicted molar refractivity (Wildman–Crippen MR) is 88.6 cm³/mol. The molecule has 1 N–H and O–H groups in total. The summed E-state index contributed by atoms with van der Waals surface area (Å²) in [5, 5.41) is 8.87. The number of hydrogen-bond donors (Lipinski definition) is 1. The van der Waals surface area contributed by atoms with Crippen LogP contribution in [0.25, 0.3) is 0 Å². The maximum absolute atomic E-state index is 11.7. The van der Waals surface area contributed by atoms with Crippen LogP contribution in [0.15, 0.2) is 30.3 Å². The summed E-state index contributed by atoms with van der Waals surface area (Å²) in [7, 11) is 1.68. The van der Waals surface area contributed by atoms with Crippen LogP contribution in [0.3, 0.4) is 0 Å². The molecule has 0 saturated carbocycles. The zero-order chi connectivity index (χ0) is 17.4. The van der Waals surface area contributed by atoms with Gasteiger partial charge in [-0.05, 0) is 24.8 Å². The van der Waals surface area contributed by atoms with E-state index in [1.807, 2.05) is 30.3 Å². The molecule has 0 radical (unpaired) electrons. The van der Waals surface area contributed by atoms with Gasteiger partial charge >= 0.3 is 11.9 Å². The molecule has 2 unspecified atom stereocenters. The van der Waals surface area contributed by atoms with E-state index in [1.54, 1.807) is 7.11 Å². The van der Waals surface area contributed by atoms with E-state index in [9.17, 15) is 9.59 Å². The van der Waals surface area contributed by atoms with Crippen LogP contribution in [0.1, 0.15) is 30.9 Å². The summed E-state index contributed by atoms with van der Waals surface area (Å²) in [5.74, 6) is -2.12. The summed E-state index contributed by atoms with van der Waals surface area (Å²) in [6.07, 6.45) is 2.46. The molecule has 132 valence electrons. The van der Waals surface area contributed by atoms with E-state index >= 15 is 0 Å². The van der Waals surface area contributed by atoms with Gasteiger partial charge in [0, 0.05) is 39.3 Å². The van der Waals surface area contributed by atoms with Crippen LogP contribution in [0.4, 0.5) is 0 Å². The van der Waals surface area contributed by atoms with Gasteiger partial charge in [-0.25, -0.2) is 4.79 Å². The second-order valence-electron chi connectivity index (χ2n) is 6.01. The van der Waals surface area contributed by atoms with Gasteiger partial charge in [-0.2, -0.15) is 0 Å². The van der Waals surface area contributed by atoms with E-state index in [-0.39, 0.29) is 12.0 Å². The third kappa shape index (κ3) is 5.04. The number of carbonyl (C=O) groups is 2. The molecule has 1 aliphatic heterocycles. The van der Waals surface area contributed by atoms with Gasteiger partial charge in [0.05, 0.1) is 6.10 Å². The highest BCUT2D eigenvalue weighted by atomic mass is 16.5. The van der Waals surface area contributed by atoms with Crippen LogP contribution in [0, 0.1) is 5.92 Å². The molecule has 1 aliphatic rings. The average molecular weight is 335 g/mol. The Hall–Kier alpha value is -1.92. The quantitative estimate of drug-likeness (QED) is 0.582. The highest BCUT2D eigenvalue weighted by molar-refractivity contribution is 6.31. The molecule has 24 heavy (non-hydrogen) atoms. The minimum atomic E-state index is -1.40. The molecule has 1 fully saturated rings. The van der Waals surface area contributed by atoms with Crippen molar-refractivity contribution in [3.05, 3.63) is 35.9 Å². The smallest absolute Gasteiger partial charge is 0.394 e. The number of nitrogens with zero attached hydrogens (tertiary/aromatic N) is 1. The molecule has 1 aromatic carbocycles. The van der Waals surface area contributed by atoms with Crippen molar-refractivity contribution in [3.8, 4) is 0 Å².